The lowest BCUT2D eigenvalue weighted by Gasteiger charge is -2.36. The molecule has 6 heteroatoms. The normalized spacial score (nSPS) is 22.9. The van der Waals surface area contributed by atoms with Crippen LogP contribution in [0.3, 0.4) is 0 Å². The van der Waals surface area contributed by atoms with Crippen molar-refractivity contribution in [3.05, 3.63) is 0 Å². The van der Waals surface area contributed by atoms with E-state index in [1.807, 2.05) is 0 Å². The third-order valence-corrected chi connectivity index (χ3v) is 5.90. The summed E-state index contributed by atoms with van der Waals surface area (Å²) in [4.78, 5) is 10.1. The Balaban J connectivity index is 0.00000338. The molecule has 2 aliphatic rings. The molecule has 5 nitrogen and oxygen atoms in total. The zero-order chi connectivity index (χ0) is 18.2. The lowest BCUT2D eigenvalue weighted by atomic mass is 9.98. The molecule has 0 spiro atoms. The van der Waals surface area contributed by atoms with E-state index >= 15 is 0 Å². The molecule has 0 aromatic carbocycles. The highest BCUT2D eigenvalue weighted by Crippen LogP contribution is 2.18. The maximum atomic E-state index is 4.89. The van der Waals surface area contributed by atoms with Gasteiger partial charge in [-0.2, -0.15) is 0 Å². The summed E-state index contributed by atoms with van der Waals surface area (Å²) in [5, 5.41) is 7.11. The fourth-order valence-corrected chi connectivity index (χ4v) is 3.88. The van der Waals surface area contributed by atoms with Gasteiger partial charge in [0.2, 0.25) is 0 Å². The number of rotatable bonds is 6. The lowest BCUT2D eigenvalue weighted by molar-refractivity contribution is 0.150. The molecule has 2 heterocycles. The van der Waals surface area contributed by atoms with E-state index in [0.717, 1.165) is 25.0 Å². The second kappa shape index (κ2) is 12.4. The summed E-state index contributed by atoms with van der Waals surface area (Å²) in [6.45, 7) is 18.1. The van der Waals surface area contributed by atoms with E-state index < -0.39 is 0 Å². The number of piperidine rings is 2. The van der Waals surface area contributed by atoms with Crippen LogP contribution in [0.4, 0.5) is 0 Å². The van der Waals surface area contributed by atoms with Gasteiger partial charge in [-0.15, -0.1) is 24.0 Å². The molecule has 0 bridgehead atoms. The minimum absolute atomic E-state index is 0. The molecule has 2 aliphatic heterocycles. The van der Waals surface area contributed by atoms with Gasteiger partial charge in [-0.1, -0.05) is 6.92 Å². The van der Waals surface area contributed by atoms with Crippen molar-refractivity contribution in [2.45, 2.75) is 78.4 Å². The Morgan fingerprint density at radius 2 is 1.58 bits per heavy atom. The molecule has 2 rings (SSSR count). The molecular formula is C20H42IN5. The number of nitrogens with zero attached hydrogens (tertiary/aromatic N) is 3. The first-order chi connectivity index (χ1) is 12.0. The largest absolute Gasteiger partial charge is 0.357 e. The summed E-state index contributed by atoms with van der Waals surface area (Å²) in [6.07, 6.45) is 5.09. The van der Waals surface area contributed by atoms with E-state index in [4.69, 9.17) is 4.99 Å². The molecule has 2 fully saturated rings. The van der Waals surface area contributed by atoms with Crippen LogP contribution in [0.25, 0.3) is 0 Å². The molecule has 1 atom stereocenters. The van der Waals surface area contributed by atoms with Gasteiger partial charge in [0.05, 0.1) is 6.54 Å². The van der Waals surface area contributed by atoms with Gasteiger partial charge in [-0.3, -0.25) is 9.89 Å². The van der Waals surface area contributed by atoms with Crippen LogP contribution in [-0.4, -0.2) is 73.2 Å². The van der Waals surface area contributed by atoms with Crippen LogP contribution in [0.5, 0.6) is 0 Å². The van der Waals surface area contributed by atoms with E-state index in [2.05, 4.69) is 55.1 Å². The number of hydrogen-bond donors (Lipinski definition) is 2. The highest BCUT2D eigenvalue weighted by molar-refractivity contribution is 14.0. The Labute approximate surface area is 178 Å². The van der Waals surface area contributed by atoms with Gasteiger partial charge in [0.15, 0.2) is 5.96 Å². The van der Waals surface area contributed by atoms with Gasteiger partial charge < -0.3 is 15.5 Å². The standard InChI is InChI=1S/C20H41N5.HI/c1-6-21-20(23-19-9-13-24(14-10-19)16(2)3)22-15-18(5)25-11-7-17(4)8-12-25;/h16-19H,6-15H2,1-5H3,(H2,21,22,23);1H. The third-order valence-electron chi connectivity index (χ3n) is 5.90. The lowest BCUT2D eigenvalue weighted by Crippen LogP contribution is -2.50. The van der Waals surface area contributed by atoms with Crippen LogP contribution in [0.1, 0.15) is 60.3 Å². The molecule has 2 saturated heterocycles. The average molecular weight is 479 g/mol. The maximum Gasteiger partial charge on any atom is 0.191 e. The monoisotopic (exact) mass is 479 g/mol. The average Bonchev–Trinajstić information content (AvgIpc) is 2.60. The number of halogens is 1. The van der Waals surface area contributed by atoms with E-state index in [9.17, 15) is 0 Å². The summed E-state index contributed by atoms with van der Waals surface area (Å²) in [7, 11) is 0. The minimum atomic E-state index is 0. The van der Waals surface area contributed by atoms with Crippen LogP contribution in [0.15, 0.2) is 4.99 Å². The Kier molecular flexibility index (Phi) is 11.4. The molecule has 154 valence electrons. The molecule has 0 aromatic heterocycles. The van der Waals surface area contributed by atoms with Crippen LogP contribution < -0.4 is 10.6 Å². The SMILES string of the molecule is CCNC(=NCC(C)N1CCC(C)CC1)NC1CCN(C(C)C)CC1.I. The van der Waals surface area contributed by atoms with Crippen molar-refractivity contribution in [1.29, 1.82) is 0 Å². The van der Waals surface area contributed by atoms with Crippen molar-refractivity contribution in [1.82, 2.24) is 20.4 Å². The van der Waals surface area contributed by atoms with Crippen LogP contribution in [0, 0.1) is 5.92 Å². The summed E-state index contributed by atoms with van der Waals surface area (Å²) >= 11 is 0. The molecular weight excluding hydrogens is 437 g/mol. The number of likely N-dealkylation sites (tertiary alicyclic amines) is 2. The second-order valence-corrected chi connectivity index (χ2v) is 8.34. The zero-order valence-corrected chi connectivity index (χ0v) is 20.0. The van der Waals surface area contributed by atoms with E-state index in [0.29, 0.717) is 18.1 Å². The number of nitrogens with one attached hydrogen (secondary N) is 2. The van der Waals surface area contributed by atoms with Crippen molar-refractivity contribution in [3.8, 4) is 0 Å². The highest BCUT2D eigenvalue weighted by atomic mass is 127. The molecule has 0 aromatic rings. The molecule has 26 heavy (non-hydrogen) atoms. The van der Waals surface area contributed by atoms with Crippen molar-refractivity contribution in [3.63, 3.8) is 0 Å². The Bertz CT molecular complexity index is 399. The van der Waals surface area contributed by atoms with E-state index in [-0.39, 0.29) is 24.0 Å². The van der Waals surface area contributed by atoms with Crippen LogP contribution in [-0.2, 0) is 0 Å². The predicted octanol–water partition coefficient (Wildman–Crippen LogP) is 3.15. The van der Waals surface area contributed by atoms with Gasteiger partial charge in [0.1, 0.15) is 0 Å². The molecule has 0 radical (unpaired) electrons. The van der Waals surface area contributed by atoms with E-state index in [1.54, 1.807) is 0 Å². The fourth-order valence-electron chi connectivity index (χ4n) is 3.88. The minimum Gasteiger partial charge on any atom is -0.357 e. The second-order valence-electron chi connectivity index (χ2n) is 8.34. The smallest absolute Gasteiger partial charge is 0.191 e. The topological polar surface area (TPSA) is 42.9 Å². The Hall–Kier alpha value is -0.0800. The Morgan fingerprint density at radius 1 is 1.00 bits per heavy atom. The number of guanidine groups is 1. The Morgan fingerprint density at radius 3 is 2.12 bits per heavy atom. The van der Waals surface area contributed by atoms with Gasteiger partial charge in [0.25, 0.3) is 0 Å². The maximum absolute atomic E-state index is 4.89. The number of aliphatic imine (C=N–C) groups is 1. The van der Waals surface area contributed by atoms with Gasteiger partial charge >= 0.3 is 0 Å². The first-order valence-electron chi connectivity index (χ1n) is 10.5. The first kappa shape index (κ1) is 24.0. The fraction of sp³-hybridized carbons (Fsp3) is 0.950. The quantitative estimate of drug-likeness (QED) is 0.349. The van der Waals surface area contributed by atoms with Crippen molar-refractivity contribution >= 4 is 29.9 Å². The van der Waals surface area contributed by atoms with Gasteiger partial charge in [-0.05, 0) is 72.4 Å². The summed E-state index contributed by atoms with van der Waals surface area (Å²) in [5.41, 5.74) is 0. The van der Waals surface area contributed by atoms with Crippen LogP contribution >= 0.6 is 24.0 Å². The zero-order valence-electron chi connectivity index (χ0n) is 17.6. The van der Waals surface area contributed by atoms with E-state index in [1.165, 1.54) is 51.9 Å². The van der Waals surface area contributed by atoms with Crippen LogP contribution in [0.2, 0.25) is 0 Å². The molecule has 0 amide bonds. The van der Waals surface area contributed by atoms with Gasteiger partial charge in [-0.25, -0.2) is 0 Å². The summed E-state index contributed by atoms with van der Waals surface area (Å²) < 4.78 is 0. The van der Waals surface area contributed by atoms with Gasteiger partial charge in [0, 0.05) is 37.8 Å². The third kappa shape index (κ3) is 7.89. The summed E-state index contributed by atoms with van der Waals surface area (Å²) in [6, 6.07) is 1.75. The first-order valence-corrected chi connectivity index (χ1v) is 10.5. The highest BCUT2D eigenvalue weighted by Gasteiger charge is 2.22. The van der Waals surface area contributed by atoms with Crippen molar-refractivity contribution in [2.24, 2.45) is 10.9 Å². The molecule has 2 N–H and O–H groups in total. The van der Waals surface area contributed by atoms with Crippen molar-refractivity contribution < 1.29 is 0 Å². The molecule has 0 aliphatic carbocycles. The summed E-state index contributed by atoms with van der Waals surface area (Å²) in [5.74, 6) is 1.89. The van der Waals surface area contributed by atoms with Crippen molar-refractivity contribution in [2.75, 3.05) is 39.3 Å². The molecule has 1 unspecified atom stereocenters. The molecule has 0 saturated carbocycles. The predicted molar refractivity (Wildman–Crippen MR) is 124 cm³/mol. The number of hydrogen-bond acceptors (Lipinski definition) is 3.